The van der Waals surface area contributed by atoms with Gasteiger partial charge in [0.15, 0.2) is 0 Å². The molecule has 0 aliphatic carbocycles. The van der Waals surface area contributed by atoms with E-state index < -0.39 is 11.9 Å². The first kappa shape index (κ1) is 11.0. The number of methoxy groups -OCH3 is 1. The third kappa shape index (κ3) is 2.70. The van der Waals surface area contributed by atoms with Crippen LogP contribution in [0.25, 0.3) is 0 Å². The molecule has 0 radical (unpaired) electrons. The van der Waals surface area contributed by atoms with Crippen LogP contribution in [0.5, 0.6) is 0 Å². The third-order valence-electron chi connectivity index (χ3n) is 1.72. The second-order valence-electron chi connectivity index (χ2n) is 2.86. The van der Waals surface area contributed by atoms with Crippen LogP contribution < -0.4 is 11.1 Å². The first-order chi connectivity index (χ1) is 7.04. The molecule has 1 aromatic heterocycles. The van der Waals surface area contributed by atoms with Crippen LogP contribution in [0.4, 0.5) is 5.82 Å². The molecule has 0 aromatic carbocycles. The van der Waals surface area contributed by atoms with Gasteiger partial charge >= 0.3 is 5.97 Å². The lowest BCUT2D eigenvalue weighted by Gasteiger charge is -2.02. The maximum atomic E-state index is 11.4. The fraction of sp³-hybridized carbons (Fsp3) is 0.375. The smallest absolute Gasteiger partial charge is 0.325 e. The van der Waals surface area contributed by atoms with Gasteiger partial charge in [-0.15, -0.1) is 0 Å². The summed E-state index contributed by atoms with van der Waals surface area (Å²) in [6.45, 7) is -0.192. The number of nitrogen functional groups attached to an aromatic ring is 1. The van der Waals surface area contributed by atoms with Crippen LogP contribution >= 0.6 is 0 Å². The number of ether oxygens (including phenoxy) is 1. The van der Waals surface area contributed by atoms with E-state index in [0.29, 0.717) is 0 Å². The number of aromatic nitrogens is 2. The van der Waals surface area contributed by atoms with Crippen LogP contribution in [0.15, 0.2) is 6.20 Å². The van der Waals surface area contributed by atoms with Gasteiger partial charge in [0.1, 0.15) is 12.4 Å². The Kier molecular flexibility index (Phi) is 3.27. The maximum absolute atomic E-state index is 11.4. The molecule has 82 valence electrons. The third-order valence-corrected chi connectivity index (χ3v) is 1.72. The van der Waals surface area contributed by atoms with E-state index in [1.165, 1.54) is 17.9 Å². The van der Waals surface area contributed by atoms with Crippen LogP contribution in [0, 0.1) is 0 Å². The average Bonchev–Trinajstić information content (AvgIpc) is 2.53. The number of aryl methyl sites for hydroxylation is 1. The quantitative estimate of drug-likeness (QED) is 0.620. The van der Waals surface area contributed by atoms with E-state index in [1.807, 2.05) is 0 Å². The molecule has 0 fully saturated rings. The zero-order valence-electron chi connectivity index (χ0n) is 8.48. The van der Waals surface area contributed by atoms with E-state index in [2.05, 4.69) is 15.0 Å². The summed E-state index contributed by atoms with van der Waals surface area (Å²) in [4.78, 5) is 26.0. The number of rotatable bonds is 3. The second kappa shape index (κ2) is 4.45. The maximum Gasteiger partial charge on any atom is 0.325 e. The number of hydrogen-bond acceptors (Lipinski definition) is 5. The molecule has 0 aliphatic rings. The Morgan fingerprint density at radius 3 is 2.80 bits per heavy atom. The molecule has 0 bridgehead atoms. The van der Waals surface area contributed by atoms with Crippen molar-refractivity contribution in [2.24, 2.45) is 7.05 Å². The number of imidazole rings is 1. The van der Waals surface area contributed by atoms with Crippen molar-refractivity contribution in [3.8, 4) is 0 Å². The highest BCUT2D eigenvalue weighted by molar-refractivity contribution is 5.93. The Balaban J connectivity index is 2.61. The van der Waals surface area contributed by atoms with E-state index >= 15 is 0 Å². The lowest BCUT2D eigenvalue weighted by Crippen LogP contribution is -2.31. The molecule has 1 heterocycles. The first-order valence-corrected chi connectivity index (χ1v) is 4.18. The van der Waals surface area contributed by atoms with Crippen molar-refractivity contribution in [1.82, 2.24) is 14.9 Å². The van der Waals surface area contributed by atoms with Crippen molar-refractivity contribution in [3.63, 3.8) is 0 Å². The highest BCUT2D eigenvalue weighted by atomic mass is 16.5. The van der Waals surface area contributed by atoms with Crippen molar-refractivity contribution in [3.05, 3.63) is 12.0 Å². The molecule has 1 amide bonds. The van der Waals surface area contributed by atoms with Crippen molar-refractivity contribution in [2.45, 2.75) is 0 Å². The van der Waals surface area contributed by atoms with E-state index in [0.717, 1.165) is 0 Å². The summed E-state index contributed by atoms with van der Waals surface area (Å²) in [6, 6.07) is 0. The van der Waals surface area contributed by atoms with Crippen LogP contribution in [-0.4, -0.2) is 35.1 Å². The molecule has 0 aliphatic heterocycles. The predicted octanol–water partition coefficient (Wildman–Crippen LogP) is -1.09. The van der Waals surface area contributed by atoms with Crippen LogP contribution in [0.2, 0.25) is 0 Å². The molecule has 0 unspecified atom stereocenters. The standard InChI is InChI=1S/C8H12N4O3/c1-12-4-5(9)11-7(12)8(14)10-3-6(13)15-2/h4H,3,9H2,1-2H3,(H,10,14). The molecule has 7 heteroatoms. The van der Waals surface area contributed by atoms with E-state index in [-0.39, 0.29) is 18.2 Å². The normalized spacial score (nSPS) is 9.73. The number of amides is 1. The lowest BCUT2D eigenvalue weighted by molar-refractivity contribution is -0.139. The van der Waals surface area contributed by atoms with Crippen LogP contribution in [-0.2, 0) is 16.6 Å². The summed E-state index contributed by atoms with van der Waals surface area (Å²) in [5.74, 6) is -0.595. The summed E-state index contributed by atoms with van der Waals surface area (Å²) in [5, 5.41) is 2.35. The Hall–Kier alpha value is -2.05. The molecule has 7 nitrogen and oxygen atoms in total. The number of anilines is 1. The molecule has 0 atom stereocenters. The van der Waals surface area contributed by atoms with Gasteiger partial charge in [0.2, 0.25) is 5.82 Å². The second-order valence-corrected chi connectivity index (χ2v) is 2.86. The Morgan fingerprint density at radius 1 is 1.67 bits per heavy atom. The van der Waals surface area contributed by atoms with Gasteiger partial charge in [-0.25, -0.2) is 4.98 Å². The number of nitrogens with one attached hydrogen (secondary N) is 1. The zero-order valence-corrected chi connectivity index (χ0v) is 8.48. The predicted molar refractivity (Wildman–Crippen MR) is 52.0 cm³/mol. The van der Waals surface area contributed by atoms with Crippen LogP contribution in [0.1, 0.15) is 10.6 Å². The first-order valence-electron chi connectivity index (χ1n) is 4.18. The van der Waals surface area contributed by atoms with Crippen LogP contribution in [0.3, 0.4) is 0 Å². The van der Waals surface area contributed by atoms with Crippen molar-refractivity contribution in [2.75, 3.05) is 19.4 Å². The monoisotopic (exact) mass is 212 g/mol. The SMILES string of the molecule is COC(=O)CNC(=O)c1nc(N)cn1C. The zero-order chi connectivity index (χ0) is 11.4. The van der Waals surface area contributed by atoms with Gasteiger partial charge in [-0.2, -0.15) is 0 Å². The summed E-state index contributed by atoms with van der Waals surface area (Å²) in [6.07, 6.45) is 1.51. The Labute approximate surface area is 86.2 Å². The van der Waals surface area contributed by atoms with E-state index in [4.69, 9.17) is 5.73 Å². The Bertz CT molecular complexity index is 385. The average molecular weight is 212 g/mol. The van der Waals surface area contributed by atoms with E-state index in [1.54, 1.807) is 7.05 Å². The number of esters is 1. The van der Waals surface area contributed by atoms with Gasteiger partial charge in [-0.05, 0) is 0 Å². The van der Waals surface area contributed by atoms with Crippen molar-refractivity contribution in [1.29, 1.82) is 0 Å². The summed E-state index contributed by atoms with van der Waals surface area (Å²) in [5.41, 5.74) is 5.40. The highest BCUT2D eigenvalue weighted by Crippen LogP contribution is 2.01. The van der Waals surface area contributed by atoms with E-state index in [9.17, 15) is 9.59 Å². The molecule has 0 saturated carbocycles. The largest absolute Gasteiger partial charge is 0.468 e. The molecule has 1 rings (SSSR count). The molecule has 1 aromatic rings. The van der Waals surface area contributed by atoms with Crippen molar-refractivity contribution >= 4 is 17.7 Å². The van der Waals surface area contributed by atoms with Gasteiger partial charge in [-0.3, -0.25) is 9.59 Å². The molecule has 3 N–H and O–H groups in total. The summed E-state index contributed by atoms with van der Waals surface area (Å²) < 4.78 is 5.84. The topological polar surface area (TPSA) is 99.2 Å². The molecular formula is C8H12N4O3. The summed E-state index contributed by atoms with van der Waals surface area (Å²) >= 11 is 0. The number of nitrogens with two attached hydrogens (primary N) is 1. The number of nitrogens with zero attached hydrogens (tertiary/aromatic N) is 2. The number of carbonyl (C=O) groups is 2. The fourth-order valence-corrected chi connectivity index (χ4v) is 1.00. The summed E-state index contributed by atoms with van der Waals surface area (Å²) in [7, 11) is 2.88. The Morgan fingerprint density at radius 2 is 2.33 bits per heavy atom. The minimum absolute atomic E-state index is 0.149. The minimum Gasteiger partial charge on any atom is -0.468 e. The lowest BCUT2D eigenvalue weighted by atomic mass is 10.5. The van der Waals surface area contributed by atoms with Gasteiger partial charge in [0, 0.05) is 13.2 Å². The fourth-order valence-electron chi connectivity index (χ4n) is 1.00. The van der Waals surface area contributed by atoms with Gasteiger partial charge in [0.05, 0.1) is 7.11 Å². The van der Waals surface area contributed by atoms with Gasteiger partial charge in [0.25, 0.3) is 5.91 Å². The minimum atomic E-state index is -0.523. The number of hydrogen-bond donors (Lipinski definition) is 2. The molecule has 0 saturated heterocycles. The van der Waals surface area contributed by atoms with Gasteiger partial charge in [-0.1, -0.05) is 0 Å². The van der Waals surface area contributed by atoms with Crippen molar-refractivity contribution < 1.29 is 14.3 Å². The molecule has 15 heavy (non-hydrogen) atoms. The molecular weight excluding hydrogens is 200 g/mol. The van der Waals surface area contributed by atoms with Gasteiger partial charge < -0.3 is 20.4 Å². The molecule has 0 spiro atoms. The number of carbonyl (C=O) groups excluding carboxylic acids is 2. The highest BCUT2D eigenvalue weighted by Gasteiger charge is 2.13.